The van der Waals surface area contributed by atoms with E-state index in [1.807, 2.05) is 20.8 Å². The molecule has 3 aliphatic rings. The number of anilines is 1. The van der Waals surface area contributed by atoms with Gasteiger partial charge in [0.1, 0.15) is 10.6 Å². The average Bonchev–Trinajstić information content (AvgIpc) is 3.20. The molecule has 1 saturated heterocycles. The van der Waals surface area contributed by atoms with Crippen LogP contribution < -0.4 is 14.4 Å². The maximum Gasteiger partial charge on any atom is 0.274 e. The summed E-state index contributed by atoms with van der Waals surface area (Å²) in [4.78, 5) is 29.1. The predicted octanol–water partition coefficient (Wildman–Crippen LogP) is 4.14. The summed E-state index contributed by atoms with van der Waals surface area (Å²) in [7, 11) is -3.08. The summed E-state index contributed by atoms with van der Waals surface area (Å²) >= 11 is 6.39. The minimum Gasteiger partial charge on any atom is -0.495 e. The fourth-order valence-electron chi connectivity index (χ4n) is 6.17. The summed E-state index contributed by atoms with van der Waals surface area (Å²) in [6, 6.07) is 9.01. The summed E-state index contributed by atoms with van der Waals surface area (Å²) < 4.78 is 46.4. The van der Waals surface area contributed by atoms with E-state index in [2.05, 4.69) is 10.2 Å². The van der Waals surface area contributed by atoms with Crippen molar-refractivity contribution in [2.24, 2.45) is 0 Å². The molecule has 0 aromatic heterocycles. The number of nitrogens with zero attached hydrogens (tertiary/aromatic N) is 2. The molecule has 234 valence electrons. The zero-order valence-electron chi connectivity index (χ0n) is 25.2. The molecule has 1 aliphatic carbocycles. The number of nitrogens with one attached hydrogen (secondary N) is 1. The van der Waals surface area contributed by atoms with E-state index in [1.165, 1.54) is 25.3 Å². The Morgan fingerprint density at radius 1 is 1.12 bits per heavy atom. The number of amides is 2. The van der Waals surface area contributed by atoms with Crippen molar-refractivity contribution in [2.45, 2.75) is 68.4 Å². The highest BCUT2D eigenvalue weighted by Crippen LogP contribution is 2.53. The van der Waals surface area contributed by atoms with Gasteiger partial charge in [0.15, 0.2) is 0 Å². The van der Waals surface area contributed by atoms with E-state index < -0.39 is 26.9 Å². The molecule has 0 unspecified atom stereocenters. The Morgan fingerprint density at radius 3 is 2.47 bits per heavy atom. The lowest BCUT2D eigenvalue weighted by Gasteiger charge is -2.36. The van der Waals surface area contributed by atoms with Crippen molar-refractivity contribution in [1.82, 2.24) is 10.2 Å². The van der Waals surface area contributed by atoms with Gasteiger partial charge in [0.05, 0.1) is 44.1 Å². The average molecular weight is 634 g/mol. The minimum atomic E-state index is -4.41. The van der Waals surface area contributed by atoms with Crippen molar-refractivity contribution < 1.29 is 32.2 Å². The van der Waals surface area contributed by atoms with E-state index in [4.69, 9.17) is 25.8 Å². The Morgan fingerprint density at radius 2 is 1.81 bits per heavy atom. The fourth-order valence-corrected chi connectivity index (χ4v) is 7.98. The predicted molar refractivity (Wildman–Crippen MR) is 163 cm³/mol. The molecule has 0 atom stereocenters. The maximum absolute atomic E-state index is 14.3. The molecule has 1 N–H and O–H groups in total. The zero-order valence-corrected chi connectivity index (χ0v) is 26.7. The van der Waals surface area contributed by atoms with Gasteiger partial charge >= 0.3 is 0 Å². The second kappa shape index (κ2) is 12.4. The van der Waals surface area contributed by atoms with E-state index in [-0.39, 0.29) is 33.9 Å². The number of morpholine rings is 1. The molecular weight excluding hydrogens is 594 g/mol. The van der Waals surface area contributed by atoms with Gasteiger partial charge in [-0.05, 0) is 88.4 Å². The molecule has 43 heavy (non-hydrogen) atoms. The van der Waals surface area contributed by atoms with Crippen LogP contribution in [0.2, 0.25) is 5.02 Å². The van der Waals surface area contributed by atoms with Crippen LogP contribution >= 0.6 is 11.6 Å². The molecule has 2 aromatic carbocycles. The molecule has 2 aliphatic heterocycles. The third-order valence-electron chi connectivity index (χ3n) is 8.37. The standard InChI is InChI=1S/C31H40ClN3O7S/c1-30(2,3)33-28(36)21-5-8-27(26(19-21)40-4)43(38,39)35-25-7-6-22(32)20-24(25)31(29(35)37)11-9-23(10-12-31)42-18-15-34-13-16-41-17-14-34/h5-8,19-20,23H,9-18H2,1-4H3,(H,33,36). The lowest BCUT2D eigenvalue weighted by atomic mass is 9.69. The van der Waals surface area contributed by atoms with Gasteiger partial charge < -0.3 is 19.5 Å². The highest BCUT2D eigenvalue weighted by atomic mass is 35.5. The second-order valence-electron chi connectivity index (χ2n) is 12.4. The highest BCUT2D eigenvalue weighted by Gasteiger charge is 2.56. The number of carbonyl (C=O) groups excluding carboxylic acids is 2. The van der Waals surface area contributed by atoms with Crippen LogP contribution in [0.5, 0.6) is 5.75 Å². The van der Waals surface area contributed by atoms with Gasteiger partial charge in [0.2, 0.25) is 0 Å². The molecule has 2 amide bonds. The lowest BCUT2D eigenvalue weighted by Crippen LogP contribution is -2.46. The van der Waals surface area contributed by atoms with Crippen LogP contribution in [-0.2, 0) is 29.7 Å². The fraction of sp³-hybridized carbons (Fsp3) is 0.548. The second-order valence-corrected chi connectivity index (χ2v) is 14.6. The Bertz CT molecular complexity index is 1480. The smallest absolute Gasteiger partial charge is 0.274 e. The molecule has 5 rings (SSSR count). The van der Waals surface area contributed by atoms with Crippen molar-refractivity contribution in [1.29, 1.82) is 0 Å². The van der Waals surface area contributed by atoms with Crippen molar-refractivity contribution in [3.63, 3.8) is 0 Å². The van der Waals surface area contributed by atoms with Gasteiger partial charge in [-0.25, -0.2) is 12.7 Å². The molecule has 12 heteroatoms. The number of carbonyl (C=O) groups is 2. The van der Waals surface area contributed by atoms with Crippen LogP contribution in [0, 0.1) is 0 Å². The summed E-state index contributed by atoms with van der Waals surface area (Å²) in [6.07, 6.45) is 2.11. The number of sulfonamides is 1. The summed E-state index contributed by atoms with van der Waals surface area (Å²) in [5, 5.41) is 3.29. The van der Waals surface area contributed by atoms with E-state index in [1.54, 1.807) is 18.2 Å². The molecule has 1 spiro atoms. The third kappa shape index (κ3) is 6.42. The number of rotatable bonds is 8. The van der Waals surface area contributed by atoms with Crippen molar-refractivity contribution in [2.75, 3.05) is 50.9 Å². The van der Waals surface area contributed by atoms with Crippen LogP contribution in [0.25, 0.3) is 0 Å². The quantitative estimate of drug-likeness (QED) is 0.461. The number of fused-ring (bicyclic) bond motifs is 2. The van der Waals surface area contributed by atoms with Gasteiger partial charge in [-0.3, -0.25) is 14.5 Å². The number of halogens is 1. The molecule has 10 nitrogen and oxygen atoms in total. The largest absolute Gasteiger partial charge is 0.495 e. The van der Waals surface area contributed by atoms with Crippen LogP contribution in [0.4, 0.5) is 5.69 Å². The first-order valence-electron chi connectivity index (χ1n) is 14.7. The number of benzene rings is 2. The van der Waals surface area contributed by atoms with Crippen LogP contribution in [0.1, 0.15) is 62.4 Å². The summed E-state index contributed by atoms with van der Waals surface area (Å²) in [5.41, 5.74) is -0.368. The van der Waals surface area contributed by atoms with E-state index >= 15 is 0 Å². The Hall–Kier alpha value is -2.70. The normalized spacial score (nSPS) is 23.0. The van der Waals surface area contributed by atoms with E-state index in [0.29, 0.717) is 42.9 Å². The first kappa shape index (κ1) is 31.7. The number of ether oxygens (including phenoxy) is 3. The Kier molecular flexibility index (Phi) is 9.12. The Labute approximate surface area is 258 Å². The number of methoxy groups -OCH3 is 1. The SMILES string of the molecule is COc1cc(C(=O)NC(C)(C)C)ccc1S(=O)(=O)N1C(=O)C2(CCC(OCCN3CCOCC3)CC2)c2cc(Cl)ccc21. The molecular formula is C31H40ClN3O7S. The first-order valence-corrected chi connectivity index (χ1v) is 16.5. The van der Waals surface area contributed by atoms with Crippen LogP contribution in [0.15, 0.2) is 41.3 Å². The van der Waals surface area contributed by atoms with Gasteiger partial charge in [-0.15, -0.1) is 0 Å². The first-order chi connectivity index (χ1) is 20.4. The Balaban J connectivity index is 1.39. The minimum absolute atomic E-state index is 0.0142. The summed E-state index contributed by atoms with van der Waals surface area (Å²) in [5.74, 6) is -0.897. The van der Waals surface area contributed by atoms with Gasteiger partial charge in [-0.2, -0.15) is 0 Å². The lowest BCUT2D eigenvalue weighted by molar-refractivity contribution is -0.124. The third-order valence-corrected chi connectivity index (χ3v) is 10.3. The molecule has 1 saturated carbocycles. The van der Waals surface area contributed by atoms with Crippen molar-refractivity contribution in [3.05, 3.63) is 52.5 Å². The molecule has 2 aromatic rings. The van der Waals surface area contributed by atoms with Gasteiger partial charge in [0, 0.05) is 35.8 Å². The highest BCUT2D eigenvalue weighted by molar-refractivity contribution is 7.93. The monoisotopic (exact) mass is 633 g/mol. The topological polar surface area (TPSA) is 114 Å². The molecule has 0 radical (unpaired) electrons. The molecule has 0 bridgehead atoms. The summed E-state index contributed by atoms with van der Waals surface area (Å²) in [6.45, 7) is 10.2. The van der Waals surface area contributed by atoms with Crippen molar-refractivity contribution in [3.8, 4) is 5.75 Å². The van der Waals surface area contributed by atoms with Gasteiger partial charge in [0.25, 0.3) is 21.8 Å². The number of hydrogen-bond donors (Lipinski definition) is 1. The van der Waals surface area contributed by atoms with E-state index in [0.717, 1.165) is 37.2 Å². The van der Waals surface area contributed by atoms with Gasteiger partial charge in [-0.1, -0.05) is 11.6 Å². The number of hydrogen-bond acceptors (Lipinski definition) is 8. The molecule has 2 heterocycles. The zero-order chi connectivity index (χ0) is 31.0. The van der Waals surface area contributed by atoms with Crippen LogP contribution in [-0.4, -0.2) is 83.3 Å². The maximum atomic E-state index is 14.3. The van der Waals surface area contributed by atoms with E-state index in [9.17, 15) is 18.0 Å². The van der Waals surface area contributed by atoms with Crippen LogP contribution in [0.3, 0.4) is 0 Å². The van der Waals surface area contributed by atoms with Crippen molar-refractivity contribution >= 4 is 39.1 Å². The molecule has 2 fully saturated rings.